The number of nitrogens with one attached hydrogen (secondary N) is 1. The van der Waals surface area contributed by atoms with E-state index in [-0.39, 0.29) is 0 Å². The molecule has 0 amide bonds. The van der Waals surface area contributed by atoms with Crippen LogP contribution in [0.3, 0.4) is 0 Å². The van der Waals surface area contributed by atoms with Crippen molar-refractivity contribution in [3.63, 3.8) is 0 Å². The van der Waals surface area contributed by atoms with Crippen molar-refractivity contribution in [2.75, 3.05) is 6.54 Å². The van der Waals surface area contributed by atoms with Gasteiger partial charge in [-0.05, 0) is 36.4 Å². The van der Waals surface area contributed by atoms with Gasteiger partial charge in [0, 0.05) is 11.4 Å². The molecular formula is C13H16N2OS. The van der Waals surface area contributed by atoms with Crippen molar-refractivity contribution in [3.05, 3.63) is 42.3 Å². The van der Waals surface area contributed by atoms with Crippen molar-refractivity contribution in [2.24, 2.45) is 0 Å². The van der Waals surface area contributed by atoms with Crippen molar-refractivity contribution in [1.82, 2.24) is 10.3 Å². The third kappa shape index (κ3) is 3.61. The molecule has 0 aliphatic rings. The molecule has 4 heteroatoms. The van der Waals surface area contributed by atoms with Crippen molar-refractivity contribution < 1.29 is 4.42 Å². The lowest BCUT2D eigenvalue weighted by Gasteiger charge is -2.07. The van der Waals surface area contributed by atoms with Crippen LogP contribution in [0, 0.1) is 0 Å². The third-order valence-electron chi connectivity index (χ3n) is 2.32. The van der Waals surface area contributed by atoms with Gasteiger partial charge in [0.15, 0.2) is 0 Å². The SMILES string of the molecule is CCCNCc1ccccc1Sc1ncco1. The Morgan fingerprint density at radius 1 is 1.35 bits per heavy atom. The molecule has 1 heterocycles. The van der Waals surface area contributed by atoms with Crippen LogP contribution in [0.4, 0.5) is 0 Å². The van der Waals surface area contributed by atoms with E-state index in [0.29, 0.717) is 5.22 Å². The lowest BCUT2D eigenvalue weighted by atomic mass is 10.2. The Balaban J connectivity index is 2.05. The Kier molecular flexibility index (Phi) is 4.64. The maximum atomic E-state index is 5.25. The van der Waals surface area contributed by atoms with Gasteiger partial charge in [-0.15, -0.1) is 0 Å². The van der Waals surface area contributed by atoms with E-state index in [0.717, 1.165) is 19.5 Å². The van der Waals surface area contributed by atoms with Crippen molar-refractivity contribution >= 4 is 11.8 Å². The summed E-state index contributed by atoms with van der Waals surface area (Å²) in [5, 5.41) is 4.09. The summed E-state index contributed by atoms with van der Waals surface area (Å²) in [4.78, 5) is 5.32. The summed E-state index contributed by atoms with van der Waals surface area (Å²) in [7, 11) is 0. The minimum Gasteiger partial charge on any atom is -0.440 e. The Morgan fingerprint density at radius 3 is 3.00 bits per heavy atom. The third-order valence-corrected chi connectivity index (χ3v) is 3.32. The van der Waals surface area contributed by atoms with E-state index in [4.69, 9.17) is 4.42 Å². The summed E-state index contributed by atoms with van der Waals surface area (Å²) >= 11 is 1.56. The molecule has 90 valence electrons. The normalized spacial score (nSPS) is 10.6. The molecule has 0 saturated carbocycles. The first-order valence-corrected chi connectivity index (χ1v) is 6.57. The topological polar surface area (TPSA) is 38.1 Å². The largest absolute Gasteiger partial charge is 0.440 e. The Hall–Kier alpha value is -1.26. The van der Waals surface area contributed by atoms with Crippen LogP contribution in [0.25, 0.3) is 0 Å². The Bertz CT molecular complexity index is 442. The molecule has 0 radical (unpaired) electrons. The first-order valence-electron chi connectivity index (χ1n) is 5.76. The summed E-state index contributed by atoms with van der Waals surface area (Å²) in [5.41, 5.74) is 1.28. The van der Waals surface area contributed by atoms with Gasteiger partial charge in [-0.25, -0.2) is 4.98 Å². The first-order chi connectivity index (χ1) is 8.40. The minimum atomic E-state index is 0.688. The lowest BCUT2D eigenvalue weighted by molar-refractivity contribution is 0.454. The van der Waals surface area contributed by atoms with Crippen LogP contribution in [0.5, 0.6) is 0 Å². The van der Waals surface area contributed by atoms with Crippen LogP contribution in [-0.2, 0) is 6.54 Å². The lowest BCUT2D eigenvalue weighted by Crippen LogP contribution is -2.14. The molecule has 0 unspecified atom stereocenters. The van der Waals surface area contributed by atoms with Gasteiger partial charge < -0.3 is 9.73 Å². The number of hydrogen-bond donors (Lipinski definition) is 1. The first kappa shape index (κ1) is 12.2. The van der Waals surface area contributed by atoms with E-state index in [1.54, 1.807) is 24.2 Å². The fourth-order valence-corrected chi connectivity index (χ4v) is 2.33. The van der Waals surface area contributed by atoms with Crippen LogP contribution in [0.1, 0.15) is 18.9 Å². The molecule has 2 aromatic rings. The average Bonchev–Trinajstić information content (AvgIpc) is 2.84. The number of rotatable bonds is 6. The molecule has 17 heavy (non-hydrogen) atoms. The van der Waals surface area contributed by atoms with E-state index in [9.17, 15) is 0 Å². The van der Waals surface area contributed by atoms with Gasteiger partial charge in [0.05, 0.1) is 6.20 Å². The molecule has 0 aliphatic heterocycles. The molecule has 0 spiro atoms. The predicted octanol–water partition coefficient (Wildman–Crippen LogP) is 3.33. The highest BCUT2D eigenvalue weighted by molar-refractivity contribution is 7.99. The fourth-order valence-electron chi connectivity index (χ4n) is 1.50. The van der Waals surface area contributed by atoms with Crippen LogP contribution < -0.4 is 5.32 Å². The van der Waals surface area contributed by atoms with Gasteiger partial charge in [-0.1, -0.05) is 25.1 Å². The van der Waals surface area contributed by atoms with Gasteiger partial charge in [-0.3, -0.25) is 0 Å². The molecule has 3 nitrogen and oxygen atoms in total. The summed E-state index contributed by atoms with van der Waals surface area (Å²) in [6.07, 6.45) is 4.41. The van der Waals surface area contributed by atoms with Gasteiger partial charge in [-0.2, -0.15) is 0 Å². The maximum Gasteiger partial charge on any atom is 0.260 e. The molecule has 0 aliphatic carbocycles. The van der Waals surface area contributed by atoms with Gasteiger partial charge in [0.2, 0.25) is 0 Å². The second kappa shape index (κ2) is 6.47. The number of oxazole rings is 1. The summed E-state index contributed by atoms with van der Waals surface area (Å²) < 4.78 is 5.25. The number of benzene rings is 1. The molecule has 0 fully saturated rings. The van der Waals surface area contributed by atoms with Crippen LogP contribution in [-0.4, -0.2) is 11.5 Å². The standard InChI is InChI=1S/C13H16N2OS/c1-2-7-14-10-11-5-3-4-6-12(11)17-13-15-8-9-16-13/h3-6,8-9,14H,2,7,10H2,1H3. The van der Waals surface area contributed by atoms with Crippen LogP contribution in [0.15, 0.2) is 51.3 Å². The maximum absolute atomic E-state index is 5.25. The van der Waals surface area contributed by atoms with Gasteiger partial charge >= 0.3 is 0 Å². The smallest absolute Gasteiger partial charge is 0.260 e. The monoisotopic (exact) mass is 248 g/mol. The molecule has 1 aromatic heterocycles. The highest BCUT2D eigenvalue weighted by Gasteiger charge is 2.06. The second-order valence-corrected chi connectivity index (χ2v) is 4.68. The van der Waals surface area contributed by atoms with E-state index < -0.39 is 0 Å². The predicted molar refractivity (Wildman–Crippen MR) is 69.1 cm³/mol. The Morgan fingerprint density at radius 2 is 2.24 bits per heavy atom. The van der Waals surface area contributed by atoms with Crippen molar-refractivity contribution in [1.29, 1.82) is 0 Å². The number of nitrogens with zero attached hydrogens (tertiary/aromatic N) is 1. The molecule has 2 rings (SSSR count). The van der Waals surface area contributed by atoms with E-state index in [2.05, 4.69) is 35.4 Å². The zero-order valence-corrected chi connectivity index (χ0v) is 10.7. The molecule has 0 saturated heterocycles. The highest BCUT2D eigenvalue weighted by atomic mass is 32.2. The number of aromatic nitrogens is 1. The number of hydrogen-bond acceptors (Lipinski definition) is 4. The minimum absolute atomic E-state index is 0.688. The molecule has 0 bridgehead atoms. The van der Waals surface area contributed by atoms with Gasteiger partial charge in [0.1, 0.15) is 6.26 Å². The molecule has 1 aromatic carbocycles. The zero-order valence-electron chi connectivity index (χ0n) is 9.85. The zero-order chi connectivity index (χ0) is 11.9. The highest BCUT2D eigenvalue weighted by Crippen LogP contribution is 2.28. The molecule has 1 N–H and O–H groups in total. The van der Waals surface area contributed by atoms with Crippen molar-refractivity contribution in [3.8, 4) is 0 Å². The second-order valence-electron chi connectivity index (χ2n) is 3.68. The quantitative estimate of drug-likeness (QED) is 0.796. The van der Waals surface area contributed by atoms with Crippen molar-refractivity contribution in [2.45, 2.75) is 30.0 Å². The summed E-state index contributed by atoms with van der Waals surface area (Å²) in [5.74, 6) is 0. The van der Waals surface area contributed by atoms with Crippen LogP contribution >= 0.6 is 11.8 Å². The molecular weight excluding hydrogens is 232 g/mol. The van der Waals surface area contributed by atoms with Crippen LogP contribution in [0.2, 0.25) is 0 Å². The summed E-state index contributed by atoms with van der Waals surface area (Å²) in [6.45, 7) is 4.09. The van der Waals surface area contributed by atoms with E-state index >= 15 is 0 Å². The summed E-state index contributed by atoms with van der Waals surface area (Å²) in [6, 6.07) is 8.32. The fraction of sp³-hybridized carbons (Fsp3) is 0.308. The average molecular weight is 248 g/mol. The van der Waals surface area contributed by atoms with Gasteiger partial charge in [0.25, 0.3) is 5.22 Å². The van der Waals surface area contributed by atoms with E-state index in [1.165, 1.54) is 10.5 Å². The molecule has 0 atom stereocenters. The Labute approximate surface area is 106 Å². The van der Waals surface area contributed by atoms with E-state index in [1.807, 2.05) is 6.07 Å².